The second kappa shape index (κ2) is 30.1. The predicted molar refractivity (Wildman–Crippen MR) is 416 cm³/mol. The SMILES string of the molecule is CC(C)(C)c1c(-c2ccccc2)cccc1-c1ccccc1.CC(C)(C)c1ccccc1-c1ccccc1.CC(C)(C)n1c2ccccc2c2cnccc21.CC(C)(C)n1c2ccccc2c2ncccc21.Cc1cccc(C)c1C(C)(C)C.Cc1ccccc1C(C)(C)C. The van der Waals surface area contributed by atoms with E-state index in [-0.39, 0.29) is 32.7 Å². The Bertz CT molecular complexity index is 4290. The number of aromatic nitrogens is 4. The summed E-state index contributed by atoms with van der Waals surface area (Å²) < 4.78 is 4.75. The minimum atomic E-state index is 0.0599. The molecule has 4 aromatic heterocycles. The molecule has 0 unspecified atom stereocenters. The van der Waals surface area contributed by atoms with Crippen molar-refractivity contribution in [3.63, 3.8) is 0 Å². The molecule has 0 spiro atoms. The monoisotopic (exact) mass is 1250 g/mol. The average molecular weight is 1260 g/mol. The van der Waals surface area contributed by atoms with Crippen LogP contribution in [0.5, 0.6) is 0 Å². The van der Waals surface area contributed by atoms with Gasteiger partial charge in [0, 0.05) is 51.3 Å². The maximum absolute atomic E-state index is 4.52. The Morgan fingerprint density at radius 2 is 0.632 bits per heavy atom. The lowest BCUT2D eigenvalue weighted by Crippen LogP contribution is -2.21. The van der Waals surface area contributed by atoms with Gasteiger partial charge < -0.3 is 9.13 Å². The maximum atomic E-state index is 4.52. The standard InChI is InChI=1S/C22H22.C16H18.2C15H16N2.C12H18.C11H16/c1-22(2,3)21-19(17-11-6-4-7-12-17)15-10-16-20(21)18-13-8-5-9-14-18;1-16(2,3)15-12-8-7-11-14(15)13-9-5-4-6-10-13;1-15(2,3)17-12-8-5-4-7-11(12)14-13(17)9-6-10-16-14;1-15(2,3)17-13-7-5-4-6-11(13)12-10-16-9-8-14(12)17;1-9-7-6-8-10(2)11(9)12(3,4)5;1-9-7-5-6-8-10(9)11(2,3)4/h4-16H,1-3H3;4-12H,1-3H3;2*4-10H,1-3H3;6-8H,1-5H3;5-8H,1-4H3. The Balaban J connectivity index is 0.000000148. The summed E-state index contributed by atoms with van der Waals surface area (Å²) in [7, 11) is 0. The number of pyridine rings is 2. The van der Waals surface area contributed by atoms with Crippen LogP contribution in [0.4, 0.5) is 0 Å². The lowest BCUT2D eigenvalue weighted by molar-refractivity contribution is 0.423. The van der Waals surface area contributed by atoms with Crippen LogP contribution in [0.2, 0.25) is 0 Å². The van der Waals surface area contributed by atoms with Crippen LogP contribution in [-0.4, -0.2) is 19.1 Å². The molecule has 0 saturated carbocycles. The molecule has 0 amide bonds. The lowest BCUT2D eigenvalue weighted by atomic mass is 9.77. The number of hydrogen-bond donors (Lipinski definition) is 0. The van der Waals surface area contributed by atoms with Crippen molar-refractivity contribution in [3.05, 3.63) is 300 Å². The van der Waals surface area contributed by atoms with Crippen LogP contribution in [-0.2, 0) is 32.7 Å². The van der Waals surface area contributed by atoms with Gasteiger partial charge in [0.2, 0.25) is 0 Å². The molecule has 4 nitrogen and oxygen atoms in total. The Kier molecular flexibility index (Phi) is 22.7. The van der Waals surface area contributed by atoms with Crippen molar-refractivity contribution in [3.8, 4) is 33.4 Å². The predicted octanol–water partition coefficient (Wildman–Crippen LogP) is 25.8. The van der Waals surface area contributed by atoms with E-state index in [1.807, 2.05) is 24.7 Å². The third-order valence-electron chi connectivity index (χ3n) is 17.2. The highest BCUT2D eigenvalue weighted by molar-refractivity contribution is 6.08. The normalized spacial score (nSPS) is 11.8. The van der Waals surface area contributed by atoms with Crippen LogP contribution in [0.25, 0.3) is 77.1 Å². The topological polar surface area (TPSA) is 35.6 Å². The molecule has 9 aromatic carbocycles. The largest absolute Gasteiger partial charge is 0.335 e. The van der Waals surface area contributed by atoms with Crippen LogP contribution in [0.15, 0.2) is 261 Å². The molecule has 0 radical (unpaired) electrons. The highest BCUT2D eigenvalue weighted by Crippen LogP contribution is 2.41. The number of rotatable bonds is 3. The van der Waals surface area contributed by atoms with Crippen molar-refractivity contribution in [2.45, 2.75) is 178 Å². The molecule has 13 aromatic rings. The quantitative estimate of drug-likeness (QED) is 0.177. The molecular formula is C91H106N4. The molecule has 0 aliphatic carbocycles. The second-order valence-corrected chi connectivity index (χ2v) is 31.3. The van der Waals surface area contributed by atoms with E-state index in [9.17, 15) is 0 Å². The van der Waals surface area contributed by atoms with Gasteiger partial charge in [-0.15, -0.1) is 0 Å². The van der Waals surface area contributed by atoms with Crippen molar-refractivity contribution in [1.82, 2.24) is 19.1 Å². The minimum Gasteiger partial charge on any atom is -0.335 e. The zero-order chi connectivity index (χ0) is 69.1. The van der Waals surface area contributed by atoms with Gasteiger partial charge in [-0.25, -0.2) is 0 Å². The van der Waals surface area contributed by atoms with Gasteiger partial charge in [0.05, 0.1) is 22.1 Å². The summed E-state index contributed by atoms with van der Waals surface area (Å²) in [5, 5.41) is 3.75. The molecule has 0 bridgehead atoms. The molecule has 0 aliphatic heterocycles. The maximum Gasteiger partial charge on any atom is 0.0959 e. The van der Waals surface area contributed by atoms with Crippen LogP contribution in [0.1, 0.15) is 164 Å². The Labute approximate surface area is 571 Å². The molecule has 13 rings (SSSR count). The molecular weight excluding hydrogens is 1150 g/mol. The first kappa shape index (κ1) is 71.7. The zero-order valence-electron chi connectivity index (χ0n) is 61.1. The number of benzene rings is 9. The average Bonchev–Trinajstić information content (AvgIpc) is 1.64. The summed E-state index contributed by atoms with van der Waals surface area (Å²) in [5.74, 6) is 0. The van der Waals surface area contributed by atoms with Gasteiger partial charge in [0.25, 0.3) is 0 Å². The molecule has 0 saturated heterocycles. The van der Waals surface area contributed by atoms with Gasteiger partial charge in [0.1, 0.15) is 0 Å². The summed E-state index contributed by atoms with van der Waals surface area (Å²) in [5.41, 5.74) is 24.9. The molecule has 0 atom stereocenters. The van der Waals surface area contributed by atoms with Gasteiger partial charge in [-0.3, -0.25) is 9.97 Å². The van der Waals surface area contributed by atoms with E-state index in [0.717, 1.165) is 5.52 Å². The fraction of sp³-hybridized carbons (Fsp3) is 0.297. The fourth-order valence-electron chi connectivity index (χ4n) is 13.5. The molecule has 0 fully saturated rings. The van der Waals surface area contributed by atoms with Crippen LogP contribution in [0, 0.1) is 20.8 Å². The Hall–Kier alpha value is -9.12. The van der Waals surface area contributed by atoms with E-state index in [0.29, 0.717) is 0 Å². The summed E-state index contributed by atoms with van der Waals surface area (Å²) in [6, 6.07) is 85.5. The van der Waals surface area contributed by atoms with E-state index < -0.39 is 0 Å². The van der Waals surface area contributed by atoms with E-state index >= 15 is 0 Å². The lowest BCUT2D eigenvalue weighted by Gasteiger charge is -2.27. The van der Waals surface area contributed by atoms with Crippen LogP contribution >= 0.6 is 0 Å². The van der Waals surface area contributed by atoms with Gasteiger partial charge in [-0.05, 0) is 187 Å². The van der Waals surface area contributed by atoms with Crippen molar-refractivity contribution >= 4 is 43.7 Å². The smallest absolute Gasteiger partial charge is 0.0959 e. The van der Waals surface area contributed by atoms with Gasteiger partial charge in [0.15, 0.2) is 0 Å². The Morgan fingerprint density at radius 3 is 1.09 bits per heavy atom. The minimum absolute atomic E-state index is 0.0599. The number of para-hydroxylation sites is 2. The molecule has 4 heterocycles. The van der Waals surface area contributed by atoms with Crippen LogP contribution in [0.3, 0.4) is 0 Å². The van der Waals surface area contributed by atoms with Crippen molar-refractivity contribution < 1.29 is 0 Å². The molecule has 4 heteroatoms. The van der Waals surface area contributed by atoms with Gasteiger partial charge >= 0.3 is 0 Å². The molecule has 490 valence electrons. The highest BCUT2D eigenvalue weighted by Gasteiger charge is 2.25. The Morgan fingerprint density at radius 1 is 0.263 bits per heavy atom. The second-order valence-electron chi connectivity index (χ2n) is 31.3. The number of hydrogen-bond acceptors (Lipinski definition) is 2. The molecule has 0 aliphatic rings. The van der Waals surface area contributed by atoms with Crippen LogP contribution < -0.4 is 0 Å². The first-order chi connectivity index (χ1) is 44.8. The first-order valence-corrected chi connectivity index (χ1v) is 34.0. The molecule has 0 N–H and O–H groups in total. The third-order valence-corrected chi connectivity index (χ3v) is 17.2. The van der Waals surface area contributed by atoms with Crippen molar-refractivity contribution in [2.24, 2.45) is 0 Å². The van der Waals surface area contributed by atoms with Crippen molar-refractivity contribution in [2.75, 3.05) is 0 Å². The number of aryl methyl sites for hydroxylation is 3. The summed E-state index contributed by atoms with van der Waals surface area (Å²) in [6.45, 7) is 47.1. The zero-order valence-corrected chi connectivity index (χ0v) is 61.1. The summed E-state index contributed by atoms with van der Waals surface area (Å²) >= 11 is 0. The molecule has 95 heavy (non-hydrogen) atoms. The summed E-state index contributed by atoms with van der Waals surface area (Å²) in [4.78, 5) is 8.77. The van der Waals surface area contributed by atoms with E-state index in [4.69, 9.17) is 0 Å². The van der Waals surface area contributed by atoms with Gasteiger partial charge in [-0.1, -0.05) is 295 Å². The van der Waals surface area contributed by atoms with Gasteiger partial charge in [-0.2, -0.15) is 0 Å². The number of nitrogens with zero attached hydrogens (tertiary/aromatic N) is 4. The first-order valence-electron chi connectivity index (χ1n) is 34.0. The van der Waals surface area contributed by atoms with E-state index in [1.165, 1.54) is 111 Å². The fourth-order valence-corrected chi connectivity index (χ4v) is 13.5. The van der Waals surface area contributed by atoms with Crippen molar-refractivity contribution in [1.29, 1.82) is 0 Å². The number of fused-ring (bicyclic) bond motifs is 6. The third kappa shape index (κ3) is 17.8. The highest BCUT2D eigenvalue weighted by atomic mass is 15.1. The summed E-state index contributed by atoms with van der Waals surface area (Å²) in [6.07, 6.45) is 5.69. The van der Waals surface area contributed by atoms with E-state index in [1.54, 1.807) is 0 Å². The van der Waals surface area contributed by atoms with E-state index in [2.05, 4.69) is 401 Å².